The molecule has 0 bridgehead atoms. The van der Waals surface area contributed by atoms with Crippen molar-refractivity contribution in [1.82, 2.24) is 25.3 Å². The quantitative estimate of drug-likeness (QED) is 0.772. The Morgan fingerprint density at radius 3 is 2.55 bits per heavy atom. The highest BCUT2D eigenvalue weighted by molar-refractivity contribution is 6.01. The fourth-order valence-electron chi connectivity index (χ4n) is 3.25. The summed E-state index contributed by atoms with van der Waals surface area (Å²) in [6.07, 6.45) is 0.806. The molecule has 1 atom stereocenters. The van der Waals surface area contributed by atoms with Gasteiger partial charge in [0.25, 0.3) is 11.8 Å². The second-order valence-corrected chi connectivity index (χ2v) is 7.63. The molecule has 8 heteroatoms. The van der Waals surface area contributed by atoms with Crippen molar-refractivity contribution in [3.63, 3.8) is 0 Å². The van der Waals surface area contributed by atoms with Gasteiger partial charge >= 0.3 is 0 Å². The van der Waals surface area contributed by atoms with Crippen LogP contribution in [0.25, 0.3) is 0 Å². The first kappa shape index (κ1) is 20.6. The van der Waals surface area contributed by atoms with Gasteiger partial charge in [-0.1, -0.05) is 36.8 Å². The van der Waals surface area contributed by atoms with Crippen molar-refractivity contribution in [2.24, 2.45) is 0 Å². The van der Waals surface area contributed by atoms with E-state index in [1.165, 1.54) is 15.6 Å². The Bertz CT molecular complexity index is 934. The smallest absolute Gasteiger partial charge is 0.272 e. The number of fused-ring (bicyclic) bond motifs is 1. The van der Waals surface area contributed by atoms with Gasteiger partial charge in [-0.15, -0.1) is 0 Å². The molecule has 0 radical (unpaired) electrons. The lowest BCUT2D eigenvalue weighted by atomic mass is 9.95. The van der Waals surface area contributed by atoms with E-state index in [-0.39, 0.29) is 30.0 Å². The number of likely N-dealkylation sites (N-methyl/N-ethyl adjacent to an activating group) is 1. The van der Waals surface area contributed by atoms with Crippen LogP contribution in [0.5, 0.6) is 0 Å². The van der Waals surface area contributed by atoms with Crippen LogP contribution in [0.2, 0.25) is 0 Å². The lowest BCUT2D eigenvalue weighted by Crippen LogP contribution is -2.62. The minimum absolute atomic E-state index is 0.172. The number of carbonyl (C=O) groups excluding carboxylic acids is 3. The molecule has 154 valence electrons. The number of rotatable bonds is 6. The van der Waals surface area contributed by atoms with Crippen molar-refractivity contribution in [3.05, 3.63) is 52.8 Å². The Morgan fingerprint density at radius 1 is 1.21 bits per heavy atom. The predicted octanol–water partition coefficient (Wildman–Crippen LogP) is 1.49. The zero-order chi connectivity index (χ0) is 21.2. The van der Waals surface area contributed by atoms with Crippen molar-refractivity contribution in [2.45, 2.75) is 45.8 Å². The maximum Gasteiger partial charge on any atom is 0.272 e. The molecule has 3 amide bonds. The van der Waals surface area contributed by atoms with Crippen LogP contribution in [0.4, 0.5) is 0 Å². The minimum Gasteiger partial charge on any atom is -0.351 e. The SMILES string of the molecule is CCCNC(=O)c1cc2n(n1)CC(C)(C(=O)NCc1ccc(C)cc1)N(C)C2=O. The number of carbonyl (C=O) groups is 3. The molecule has 0 aliphatic carbocycles. The molecule has 0 saturated carbocycles. The first-order chi connectivity index (χ1) is 13.8. The van der Waals surface area contributed by atoms with Gasteiger partial charge in [0.05, 0.1) is 6.54 Å². The van der Waals surface area contributed by atoms with Crippen LogP contribution in [-0.4, -0.2) is 51.5 Å². The van der Waals surface area contributed by atoms with E-state index >= 15 is 0 Å². The summed E-state index contributed by atoms with van der Waals surface area (Å²) in [7, 11) is 1.60. The van der Waals surface area contributed by atoms with E-state index < -0.39 is 5.54 Å². The molecular weight excluding hydrogens is 370 g/mol. The van der Waals surface area contributed by atoms with E-state index in [1.54, 1.807) is 14.0 Å². The van der Waals surface area contributed by atoms with E-state index in [2.05, 4.69) is 15.7 Å². The van der Waals surface area contributed by atoms with Gasteiger partial charge in [0.2, 0.25) is 5.91 Å². The van der Waals surface area contributed by atoms with E-state index in [4.69, 9.17) is 0 Å². The normalized spacial score (nSPS) is 18.3. The van der Waals surface area contributed by atoms with Crippen LogP contribution < -0.4 is 10.6 Å². The maximum absolute atomic E-state index is 13.0. The van der Waals surface area contributed by atoms with E-state index in [0.717, 1.165) is 17.5 Å². The van der Waals surface area contributed by atoms with Crippen molar-refractivity contribution < 1.29 is 14.4 Å². The number of nitrogens with zero attached hydrogens (tertiary/aromatic N) is 3. The molecule has 3 rings (SSSR count). The second kappa shape index (κ2) is 8.06. The summed E-state index contributed by atoms with van der Waals surface area (Å²) in [5.41, 5.74) is 1.50. The molecule has 1 unspecified atom stereocenters. The standard InChI is InChI=1S/C21H27N5O3/c1-5-10-22-18(27)16-11-17-19(28)25(4)21(3,13-26(17)24-16)20(29)23-12-15-8-6-14(2)7-9-15/h6-9,11H,5,10,12-13H2,1-4H3,(H,22,27)(H,23,29). The summed E-state index contributed by atoms with van der Waals surface area (Å²) in [5.74, 6) is -0.937. The van der Waals surface area contributed by atoms with Gasteiger partial charge in [-0.25, -0.2) is 0 Å². The predicted molar refractivity (Wildman–Crippen MR) is 108 cm³/mol. The molecule has 0 saturated heterocycles. The van der Waals surface area contributed by atoms with Crippen LogP contribution >= 0.6 is 0 Å². The zero-order valence-corrected chi connectivity index (χ0v) is 17.3. The van der Waals surface area contributed by atoms with Crippen LogP contribution in [0.3, 0.4) is 0 Å². The van der Waals surface area contributed by atoms with Crippen LogP contribution in [-0.2, 0) is 17.9 Å². The number of hydrogen-bond donors (Lipinski definition) is 2. The summed E-state index contributed by atoms with van der Waals surface area (Å²) < 4.78 is 1.45. The summed E-state index contributed by atoms with van der Waals surface area (Å²) in [6, 6.07) is 9.37. The molecular formula is C21H27N5O3. The lowest BCUT2D eigenvalue weighted by Gasteiger charge is -2.40. The van der Waals surface area contributed by atoms with E-state index in [1.807, 2.05) is 38.1 Å². The number of amides is 3. The Kier molecular flexibility index (Phi) is 5.72. The summed E-state index contributed by atoms with van der Waals surface area (Å²) in [6.45, 7) is 6.74. The molecule has 1 aliphatic rings. The van der Waals surface area contributed by atoms with Gasteiger partial charge in [0, 0.05) is 26.2 Å². The van der Waals surface area contributed by atoms with Gasteiger partial charge in [-0.3, -0.25) is 19.1 Å². The fraction of sp³-hybridized carbons (Fsp3) is 0.429. The molecule has 1 aliphatic heterocycles. The van der Waals surface area contributed by atoms with Gasteiger partial charge in [0.15, 0.2) is 5.69 Å². The van der Waals surface area contributed by atoms with Crippen LogP contribution in [0, 0.1) is 6.92 Å². The monoisotopic (exact) mass is 397 g/mol. The molecule has 2 N–H and O–H groups in total. The van der Waals surface area contributed by atoms with Crippen molar-refractivity contribution in [2.75, 3.05) is 13.6 Å². The van der Waals surface area contributed by atoms with E-state index in [9.17, 15) is 14.4 Å². The highest BCUT2D eigenvalue weighted by Gasteiger charge is 2.46. The molecule has 1 aromatic heterocycles. The summed E-state index contributed by atoms with van der Waals surface area (Å²) in [5, 5.41) is 9.94. The molecule has 2 heterocycles. The number of aromatic nitrogens is 2. The third kappa shape index (κ3) is 4.01. The average molecular weight is 397 g/mol. The fourth-order valence-corrected chi connectivity index (χ4v) is 3.25. The Balaban J connectivity index is 1.77. The molecule has 1 aromatic carbocycles. The third-order valence-electron chi connectivity index (χ3n) is 5.33. The third-order valence-corrected chi connectivity index (χ3v) is 5.33. The lowest BCUT2D eigenvalue weighted by molar-refractivity contribution is -0.132. The zero-order valence-electron chi connectivity index (χ0n) is 17.3. The molecule has 2 aromatic rings. The minimum atomic E-state index is -1.11. The number of aryl methyl sites for hydroxylation is 1. The Morgan fingerprint density at radius 2 is 1.90 bits per heavy atom. The van der Waals surface area contributed by atoms with Crippen molar-refractivity contribution in [3.8, 4) is 0 Å². The van der Waals surface area contributed by atoms with Gasteiger partial charge in [-0.05, 0) is 25.8 Å². The highest BCUT2D eigenvalue weighted by atomic mass is 16.2. The van der Waals surface area contributed by atoms with Crippen molar-refractivity contribution >= 4 is 17.7 Å². The highest BCUT2D eigenvalue weighted by Crippen LogP contribution is 2.26. The maximum atomic E-state index is 13.0. The first-order valence-corrected chi connectivity index (χ1v) is 9.74. The van der Waals surface area contributed by atoms with Crippen LogP contribution in [0.1, 0.15) is 52.4 Å². The topological polar surface area (TPSA) is 96.3 Å². The van der Waals surface area contributed by atoms with Crippen molar-refractivity contribution in [1.29, 1.82) is 0 Å². The van der Waals surface area contributed by atoms with Gasteiger partial charge in [0.1, 0.15) is 11.2 Å². The largest absolute Gasteiger partial charge is 0.351 e. The summed E-state index contributed by atoms with van der Waals surface area (Å²) in [4.78, 5) is 39.5. The molecule has 8 nitrogen and oxygen atoms in total. The Labute approximate surface area is 170 Å². The molecule has 0 fully saturated rings. The first-order valence-electron chi connectivity index (χ1n) is 9.74. The van der Waals surface area contributed by atoms with Crippen LogP contribution in [0.15, 0.2) is 30.3 Å². The average Bonchev–Trinajstić information content (AvgIpc) is 3.13. The molecule has 29 heavy (non-hydrogen) atoms. The Hall–Kier alpha value is -3.16. The number of hydrogen-bond acceptors (Lipinski definition) is 4. The molecule has 0 spiro atoms. The second-order valence-electron chi connectivity index (χ2n) is 7.63. The van der Waals surface area contributed by atoms with Gasteiger partial charge < -0.3 is 15.5 Å². The van der Waals surface area contributed by atoms with E-state index in [0.29, 0.717) is 18.8 Å². The van der Waals surface area contributed by atoms with Gasteiger partial charge in [-0.2, -0.15) is 5.10 Å². The number of benzene rings is 1. The summed E-state index contributed by atoms with van der Waals surface area (Å²) >= 11 is 0. The number of nitrogens with one attached hydrogen (secondary N) is 2.